The van der Waals surface area contributed by atoms with Gasteiger partial charge in [-0.25, -0.2) is 0 Å². The summed E-state index contributed by atoms with van der Waals surface area (Å²) in [6.45, 7) is 4.79. The van der Waals surface area contributed by atoms with Gasteiger partial charge in [-0.15, -0.1) is 0 Å². The first-order valence-electron chi connectivity index (χ1n) is 13.4. The predicted molar refractivity (Wildman–Crippen MR) is 166 cm³/mol. The number of hydrogen-bond acceptors (Lipinski definition) is 1. The van der Waals surface area contributed by atoms with Gasteiger partial charge in [0.05, 0.1) is 0 Å². The van der Waals surface area contributed by atoms with Crippen molar-refractivity contribution in [2.24, 2.45) is 0 Å². The summed E-state index contributed by atoms with van der Waals surface area (Å²) in [6.07, 6.45) is 0. The van der Waals surface area contributed by atoms with E-state index in [-0.39, 0.29) is 12.1 Å². The van der Waals surface area contributed by atoms with E-state index in [1.807, 2.05) is 0 Å². The Bertz CT molecular complexity index is 1530. The summed E-state index contributed by atoms with van der Waals surface area (Å²) in [4.78, 5) is 0. The van der Waals surface area contributed by atoms with Crippen molar-refractivity contribution in [3.63, 3.8) is 0 Å². The summed E-state index contributed by atoms with van der Waals surface area (Å²) in [6, 6.07) is 53.6. The van der Waals surface area contributed by atoms with Crippen molar-refractivity contribution in [1.82, 2.24) is 4.67 Å². The third-order valence-electron chi connectivity index (χ3n) is 7.57. The van der Waals surface area contributed by atoms with Crippen molar-refractivity contribution in [3.05, 3.63) is 157 Å². The zero-order valence-corrected chi connectivity index (χ0v) is 22.8. The Kier molecular flexibility index (Phi) is 7.06. The topological polar surface area (TPSA) is 3.24 Å². The first-order chi connectivity index (χ1) is 18.7. The minimum Gasteiger partial charge on any atom is -0.261 e. The fourth-order valence-corrected chi connectivity index (χ4v) is 8.43. The Hall–Kier alpha value is -3.77. The Morgan fingerprint density at radius 3 is 1.24 bits per heavy atom. The lowest BCUT2D eigenvalue weighted by Gasteiger charge is -2.42. The Morgan fingerprint density at radius 2 is 0.789 bits per heavy atom. The molecule has 0 spiro atoms. The van der Waals surface area contributed by atoms with Gasteiger partial charge in [0.25, 0.3) is 0 Å². The van der Waals surface area contributed by atoms with Crippen molar-refractivity contribution in [1.29, 1.82) is 0 Å². The number of rotatable bonds is 7. The molecule has 0 aromatic heterocycles. The monoisotopic (exact) mass is 509 g/mol. The van der Waals surface area contributed by atoms with Crippen LogP contribution in [0.4, 0.5) is 0 Å². The van der Waals surface area contributed by atoms with Crippen LogP contribution < -0.4 is 10.6 Å². The molecular formula is C36H32NP. The molecular weight excluding hydrogens is 477 g/mol. The third-order valence-corrected chi connectivity index (χ3v) is 10.3. The van der Waals surface area contributed by atoms with E-state index in [1.54, 1.807) is 0 Å². The first kappa shape index (κ1) is 24.6. The van der Waals surface area contributed by atoms with E-state index in [2.05, 4.69) is 164 Å². The van der Waals surface area contributed by atoms with E-state index < -0.39 is 8.07 Å². The van der Waals surface area contributed by atoms with Crippen molar-refractivity contribution >= 4 is 40.2 Å². The van der Waals surface area contributed by atoms with E-state index in [0.717, 1.165) is 0 Å². The smallest absolute Gasteiger partial charge is 0.0375 e. The minimum atomic E-state index is -0.818. The van der Waals surface area contributed by atoms with E-state index in [1.165, 1.54) is 43.3 Å². The maximum absolute atomic E-state index is 2.78. The molecule has 0 unspecified atom stereocenters. The summed E-state index contributed by atoms with van der Waals surface area (Å²) < 4.78 is 2.78. The molecule has 0 saturated heterocycles. The second kappa shape index (κ2) is 10.9. The Labute approximate surface area is 227 Å². The molecule has 0 bridgehead atoms. The molecule has 0 saturated carbocycles. The maximum Gasteiger partial charge on any atom is 0.0375 e. The van der Waals surface area contributed by atoms with Gasteiger partial charge in [-0.3, -0.25) is 4.67 Å². The predicted octanol–water partition coefficient (Wildman–Crippen LogP) is 9.17. The van der Waals surface area contributed by atoms with Crippen LogP contribution in [0.1, 0.15) is 37.1 Å². The summed E-state index contributed by atoms with van der Waals surface area (Å²) in [5.74, 6) is 0. The van der Waals surface area contributed by atoms with E-state index in [9.17, 15) is 0 Å². The van der Waals surface area contributed by atoms with Crippen molar-refractivity contribution in [2.45, 2.75) is 25.9 Å². The van der Waals surface area contributed by atoms with Crippen LogP contribution in [-0.4, -0.2) is 4.67 Å². The van der Waals surface area contributed by atoms with Crippen LogP contribution in [0.5, 0.6) is 0 Å². The summed E-state index contributed by atoms with van der Waals surface area (Å²) in [7, 11) is -0.818. The largest absolute Gasteiger partial charge is 0.261 e. The van der Waals surface area contributed by atoms with Crippen LogP contribution >= 0.6 is 8.07 Å². The lowest BCUT2D eigenvalue weighted by atomic mass is 9.96. The average molecular weight is 510 g/mol. The molecule has 2 atom stereocenters. The van der Waals surface area contributed by atoms with Crippen LogP contribution in [0.2, 0.25) is 0 Å². The summed E-state index contributed by atoms with van der Waals surface area (Å²) in [5, 5.41) is 7.97. The van der Waals surface area contributed by atoms with Gasteiger partial charge in [0.1, 0.15) is 0 Å². The third kappa shape index (κ3) is 4.65. The zero-order valence-electron chi connectivity index (χ0n) is 21.9. The van der Waals surface area contributed by atoms with Crippen molar-refractivity contribution in [3.8, 4) is 0 Å². The molecule has 2 heteroatoms. The van der Waals surface area contributed by atoms with Gasteiger partial charge in [0.15, 0.2) is 0 Å². The van der Waals surface area contributed by atoms with Crippen molar-refractivity contribution < 1.29 is 0 Å². The number of fused-ring (bicyclic) bond motifs is 2. The number of nitrogens with zero attached hydrogens (tertiary/aromatic N) is 1. The highest BCUT2D eigenvalue weighted by atomic mass is 31.1. The number of benzene rings is 6. The van der Waals surface area contributed by atoms with E-state index in [4.69, 9.17) is 0 Å². The SMILES string of the molecule is C[C@@H](c1cccc2ccccc12)N([C@@H](C)c1cccc2ccccc12)P(c1ccccc1)c1ccccc1. The molecule has 0 N–H and O–H groups in total. The highest BCUT2D eigenvalue weighted by Crippen LogP contribution is 2.51. The zero-order chi connectivity index (χ0) is 25.9. The maximum atomic E-state index is 2.78. The molecule has 6 rings (SSSR count). The molecule has 1 nitrogen and oxygen atoms in total. The molecule has 186 valence electrons. The molecule has 0 aliphatic heterocycles. The van der Waals surface area contributed by atoms with Gasteiger partial charge in [-0.2, -0.15) is 0 Å². The molecule has 0 amide bonds. The van der Waals surface area contributed by atoms with E-state index >= 15 is 0 Å². The van der Waals surface area contributed by atoms with Gasteiger partial charge >= 0.3 is 0 Å². The van der Waals surface area contributed by atoms with E-state index in [0.29, 0.717) is 0 Å². The highest BCUT2D eigenvalue weighted by Gasteiger charge is 2.33. The van der Waals surface area contributed by atoms with Gasteiger partial charge in [-0.1, -0.05) is 146 Å². The lowest BCUT2D eigenvalue weighted by molar-refractivity contribution is 0.306. The number of hydrogen-bond donors (Lipinski definition) is 0. The van der Waals surface area contributed by atoms with Crippen LogP contribution in [0, 0.1) is 0 Å². The van der Waals surface area contributed by atoms with Crippen molar-refractivity contribution in [2.75, 3.05) is 0 Å². The Morgan fingerprint density at radius 1 is 0.421 bits per heavy atom. The second-order valence-corrected chi connectivity index (χ2v) is 12.0. The van der Waals surface area contributed by atoms with Gasteiger partial charge < -0.3 is 0 Å². The normalized spacial score (nSPS) is 13.3. The Balaban J connectivity index is 1.59. The molecule has 0 heterocycles. The van der Waals surface area contributed by atoms with Gasteiger partial charge in [0, 0.05) is 20.2 Å². The molecule has 0 aliphatic rings. The molecule has 0 aliphatic carbocycles. The lowest BCUT2D eigenvalue weighted by Crippen LogP contribution is -2.33. The first-order valence-corrected chi connectivity index (χ1v) is 14.7. The second-order valence-electron chi connectivity index (χ2n) is 9.85. The van der Waals surface area contributed by atoms with Gasteiger partial charge in [-0.05, 0) is 57.1 Å². The van der Waals surface area contributed by atoms with Crippen LogP contribution in [0.15, 0.2) is 146 Å². The molecule has 38 heavy (non-hydrogen) atoms. The van der Waals surface area contributed by atoms with Crippen LogP contribution in [0.3, 0.4) is 0 Å². The van der Waals surface area contributed by atoms with Crippen LogP contribution in [-0.2, 0) is 0 Å². The standard InChI is InChI=1S/C36H32NP/c1-27(33-25-13-17-29-15-9-11-23-35(29)33)37(28(2)34-26-14-18-30-16-10-12-24-36(30)34)38(31-19-5-3-6-20-31)32-21-7-4-8-22-32/h3-28H,1-2H3/t27-,28-/m0/s1. The summed E-state index contributed by atoms with van der Waals surface area (Å²) in [5.41, 5.74) is 2.74. The average Bonchev–Trinajstić information content (AvgIpc) is 2.99. The quantitative estimate of drug-likeness (QED) is 0.194. The molecule has 6 aromatic carbocycles. The fourth-order valence-electron chi connectivity index (χ4n) is 5.75. The van der Waals surface area contributed by atoms with Crippen LogP contribution in [0.25, 0.3) is 21.5 Å². The molecule has 6 aromatic rings. The molecule has 0 radical (unpaired) electrons. The highest BCUT2D eigenvalue weighted by molar-refractivity contribution is 7.70. The fraction of sp³-hybridized carbons (Fsp3) is 0.111. The van der Waals surface area contributed by atoms with Gasteiger partial charge in [0.2, 0.25) is 0 Å². The minimum absolute atomic E-state index is 0.182. The summed E-state index contributed by atoms with van der Waals surface area (Å²) >= 11 is 0. The molecule has 0 fully saturated rings.